The van der Waals surface area contributed by atoms with Crippen LogP contribution in [0, 0.1) is 5.92 Å². The van der Waals surface area contributed by atoms with E-state index in [2.05, 4.69) is 29.2 Å². The first-order chi connectivity index (χ1) is 12.1. The fourth-order valence-electron chi connectivity index (χ4n) is 3.56. The van der Waals surface area contributed by atoms with Crippen LogP contribution in [-0.2, 0) is 4.79 Å². The number of nitrogens with one attached hydrogen (secondary N) is 1. The van der Waals surface area contributed by atoms with Crippen molar-refractivity contribution < 1.29 is 4.79 Å². The molecule has 5 nitrogen and oxygen atoms in total. The predicted molar refractivity (Wildman–Crippen MR) is 100 cm³/mol. The lowest BCUT2D eigenvalue weighted by atomic mass is 9.81. The Balaban J connectivity index is 1.88. The van der Waals surface area contributed by atoms with E-state index in [1.54, 1.807) is 11.8 Å². The minimum atomic E-state index is -0.274. The zero-order valence-corrected chi connectivity index (χ0v) is 15.7. The van der Waals surface area contributed by atoms with E-state index in [1.165, 1.54) is 0 Å². The van der Waals surface area contributed by atoms with Gasteiger partial charge in [-0.05, 0) is 35.8 Å². The van der Waals surface area contributed by atoms with Crippen LogP contribution < -0.4 is 5.32 Å². The summed E-state index contributed by atoms with van der Waals surface area (Å²) in [7, 11) is 0. The molecule has 0 unspecified atom stereocenters. The summed E-state index contributed by atoms with van der Waals surface area (Å²) in [5.74, 6) is 2.10. The van der Waals surface area contributed by atoms with Crippen molar-refractivity contribution >= 4 is 35.1 Å². The van der Waals surface area contributed by atoms with Crippen molar-refractivity contribution in [3.63, 3.8) is 0 Å². The van der Waals surface area contributed by atoms with Gasteiger partial charge in [0.25, 0.3) is 0 Å². The number of allylic oxidation sites excluding steroid dienone is 2. The number of hydrogen-bond acceptors (Lipinski definition) is 5. The minimum Gasteiger partial charge on any atom is -0.328 e. The second-order valence-corrected chi connectivity index (χ2v) is 8.17. The van der Waals surface area contributed by atoms with Gasteiger partial charge in [-0.1, -0.05) is 49.3 Å². The number of anilines is 1. The van der Waals surface area contributed by atoms with Gasteiger partial charge >= 0.3 is 0 Å². The molecule has 7 heteroatoms. The number of Topliss-reactive ketones (excluding diaryl/α,β-unsaturated/α-hetero) is 1. The van der Waals surface area contributed by atoms with Crippen molar-refractivity contribution in [2.24, 2.45) is 5.92 Å². The van der Waals surface area contributed by atoms with Crippen LogP contribution in [0.5, 0.6) is 0 Å². The molecule has 1 aromatic carbocycles. The van der Waals surface area contributed by atoms with Gasteiger partial charge in [-0.3, -0.25) is 4.79 Å². The first-order valence-corrected chi connectivity index (χ1v) is 9.81. The van der Waals surface area contributed by atoms with E-state index < -0.39 is 0 Å². The molecule has 25 heavy (non-hydrogen) atoms. The van der Waals surface area contributed by atoms with E-state index in [9.17, 15) is 4.79 Å². The fraction of sp³-hybridized carbons (Fsp3) is 0.389. The summed E-state index contributed by atoms with van der Waals surface area (Å²) < 4.78 is 1.83. The maximum Gasteiger partial charge on any atom is 0.227 e. The highest BCUT2D eigenvalue weighted by Gasteiger charge is 2.38. The quantitative estimate of drug-likeness (QED) is 0.811. The molecule has 130 valence electrons. The third kappa shape index (κ3) is 2.98. The third-order valence-corrected chi connectivity index (χ3v) is 5.50. The zero-order valence-electron chi connectivity index (χ0n) is 14.1. The highest BCUT2D eigenvalue weighted by molar-refractivity contribution is 7.99. The third-order valence-electron chi connectivity index (χ3n) is 4.54. The largest absolute Gasteiger partial charge is 0.328 e. The van der Waals surface area contributed by atoms with Gasteiger partial charge in [0.15, 0.2) is 5.78 Å². The number of carbonyl (C=O) groups excluding carboxylic acids is 1. The topological polar surface area (TPSA) is 59.8 Å². The van der Waals surface area contributed by atoms with Gasteiger partial charge in [-0.2, -0.15) is 4.98 Å². The molecule has 2 aromatic rings. The van der Waals surface area contributed by atoms with Gasteiger partial charge in [-0.25, -0.2) is 4.68 Å². The van der Waals surface area contributed by atoms with Crippen LogP contribution in [0.2, 0.25) is 5.02 Å². The van der Waals surface area contributed by atoms with Gasteiger partial charge < -0.3 is 5.32 Å². The van der Waals surface area contributed by atoms with Crippen molar-refractivity contribution in [1.82, 2.24) is 14.8 Å². The van der Waals surface area contributed by atoms with Crippen LogP contribution in [0.1, 0.15) is 38.3 Å². The van der Waals surface area contributed by atoms with Crippen molar-refractivity contribution in [2.45, 2.75) is 37.9 Å². The average Bonchev–Trinajstić information content (AvgIpc) is 2.95. The predicted octanol–water partition coefficient (Wildman–Crippen LogP) is 4.31. The minimum absolute atomic E-state index is 0.178. The van der Waals surface area contributed by atoms with E-state index in [0.717, 1.165) is 34.2 Å². The smallest absolute Gasteiger partial charge is 0.227 e. The maximum atomic E-state index is 12.9. The first-order valence-electron chi connectivity index (χ1n) is 8.45. The van der Waals surface area contributed by atoms with Gasteiger partial charge in [-0.15, -0.1) is 5.10 Å². The molecule has 2 heterocycles. The summed E-state index contributed by atoms with van der Waals surface area (Å²) in [5, 5.41) is 9.38. The first kappa shape index (κ1) is 16.7. The van der Waals surface area contributed by atoms with E-state index in [0.29, 0.717) is 23.3 Å². The lowest BCUT2D eigenvalue weighted by Gasteiger charge is -2.34. The molecule has 0 saturated heterocycles. The summed E-state index contributed by atoms with van der Waals surface area (Å²) >= 11 is 7.81. The van der Waals surface area contributed by atoms with E-state index in [4.69, 9.17) is 11.6 Å². The Hall–Kier alpha value is -1.79. The van der Waals surface area contributed by atoms with E-state index >= 15 is 0 Å². The van der Waals surface area contributed by atoms with Crippen LogP contribution >= 0.6 is 23.4 Å². The summed E-state index contributed by atoms with van der Waals surface area (Å²) in [6, 6.07) is 7.38. The summed E-state index contributed by atoms with van der Waals surface area (Å²) in [5.41, 5.74) is 2.73. The molecule has 0 spiro atoms. The molecule has 0 bridgehead atoms. The second kappa shape index (κ2) is 6.50. The average molecular weight is 375 g/mol. The number of hydrogen-bond donors (Lipinski definition) is 1. The molecule has 0 radical (unpaired) electrons. The Kier molecular flexibility index (Phi) is 4.33. The van der Waals surface area contributed by atoms with E-state index in [1.807, 2.05) is 28.9 Å². The molecule has 1 aliphatic carbocycles. The Morgan fingerprint density at radius 3 is 3.00 bits per heavy atom. The molecule has 1 aromatic heterocycles. The highest BCUT2D eigenvalue weighted by atomic mass is 35.5. The Morgan fingerprint density at radius 2 is 2.24 bits per heavy atom. The number of nitrogens with zero attached hydrogens (tertiary/aromatic N) is 3. The molecule has 4 rings (SSSR count). The maximum absolute atomic E-state index is 12.9. The summed E-state index contributed by atoms with van der Waals surface area (Å²) in [6.45, 7) is 4.18. The number of halogens is 1. The standard InChI is InChI=1S/C18H19ClN4OS/c1-3-25-18-21-17-20-13-7-10(2)8-14(24)15(13)16(23(17)22-18)11-5-4-6-12(19)9-11/h4-6,9-10,16H,3,7-8H2,1-2H3,(H,20,21,22)/t10-,16-/m0/s1. The van der Waals surface area contributed by atoms with Gasteiger partial charge in [0, 0.05) is 22.7 Å². The van der Waals surface area contributed by atoms with Crippen molar-refractivity contribution in [3.8, 4) is 0 Å². The molecule has 2 atom stereocenters. The molecule has 0 amide bonds. The number of fused-ring (bicyclic) bond motifs is 1. The van der Waals surface area contributed by atoms with Crippen LogP contribution in [0.15, 0.2) is 40.7 Å². The van der Waals surface area contributed by atoms with Gasteiger partial charge in [0.2, 0.25) is 11.1 Å². The number of rotatable bonds is 3. The Labute approximate surface area is 155 Å². The van der Waals surface area contributed by atoms with Crippen LogP contribution in [0.3, 0.4) is 0 Å². The zero-order chi connectivity index (χ0) is 17.6. The summed E-state index contributed by atoms with van der Waals surface area (Å²) in [4.78, 5) is 17.5. The normalized spacial score (nSPS) is 22.4. The Morgan fingerprint density at radius 1 is 1.40 bits per heavy atom. The van der Waals surface area contributed by atoms with Gasteiger partial charge in [0.1, 0.15) is 6.04 Å². The van der Waals surface area contributed by atoms with Crippen molar-refractivity contribution in [3.05, 3.63) is 46.1 Å². The molecule has 2 aliphatic rings. The van der Waals surface area contributed by atoms with Crippen molar-refractivity contribution in [2.75, 3.05) is 11.1 Å². The van der Waals surface area contributed by atoms with Crippen LogP contribution in [0.4, 0.5) is 5.95 Å². The number of thioether (sulfide) groups is 1. The Bertz CT molecular complexity index is 876. The second-order valence-electron chi connectivity index (χ2n) is 6.51. The van der Waals surface area contributed by atoms with Crippen LogP contribution in [0.25, 0.3) is 0 Å². The lowest BCUT2D eigenvalue weighted by Crippen LogP contribution is -2.33. The number of aromatic nitrogens is 3. The molecular formula is C18H19ClN4OS. The molecule has 0 fully saturated rings. The summed E-state index contributed by atoms with van der Waals surface area (Å²) in [6.07, 6.45) is 1.42. The SMILES string of the molecule is CCSc1nc2n(n1)[C@@H](c1cccc(Cl)c1)C1=C(C[C@H](C)CC1=O)N2. The molecular weight excluding hydrogens is 356 g/mol. The monoisotopic (exact) mass is 374 g/mol. The number of benzene rings is 1. The lowest BCUT2D eigenvalue weighted by molar-refractivity contribution is -0.117. The molecule has 0 saturated carbocycles. The number of carbonyl (C=O) groups is 1. The fourth-order valence-corrected chi connectivity index (χ4v) is 4.32. The van der Waals surface area contributed by atoms with Crippen LogP contribution in [-0.4, -0.2) is 26.3 Å². The number of ketones is 1. The molecule has 1 N–H and O–H groups in total. The highest BCUT2D eigenvalue weighted by Crippen LogP contribution is 2.42. The van der Waals surface area contributed by atoms with Crippen molar-refractivity contribution in [1.29, 1.82) is 0 Å². The van der Waals surface area contributed by atoms with Gasteiger partial charge in [0.05, 0.1) is 0 Å². The van der Waals surface area contributed by atoms with E-state index in [-0.39, 0.29) is 11.8 Å². The molecule has 1 aliphatic heterocycles.